The lowest BCUT2D eigenvalue weighted by molar-refractivity contribution is -0.344. The van der Waals surface area contributed by atoms with E-state index in [1.165, 1.54) is 0 Å². The van der Waals surface area contributed by atoms with Gasteiger partial charge < -0.3 is 9.90 Å². The third-order valence-electron chi connectivity index (χ3n) is 1.70. The van der Waals surface area contributed by atoms with Gasteiger partial charge in [-0.1, -0.05) is 12.1 Å². The molecule has 17 heavy (non-hydrogen) atoms. The predicted octanol–water partition coefficient (Wildman–Crippen LogP) is -0.137. The molecule has 0 aliphatic carbocycles. The maximum absolute atomic E-state index is 10.5. The summed E-state index contributed by atoms with van der Waals surface area (Å²) < 4.78 is 31.5. The molecule has 0 fully saturated rings. The molecule has 0 amide bonds. The number of aromatic nitrogens is 2. The van der Waals surface area contributed by atoms with Crippen LogP contribution < -0.4 is 15.8 Å². The number of benzene rings is 1. The highest BCUT2D eigenvalue weighted by Crippen LogP contribution is 2.11. The van der Waals surface area contributed by atoms with E-state index in [9.17, 15) is 13.2 Å². The Kier molecular flexibility index (Phi) is 3.56. The Hall–Kier alpha value is -2.25. The zero-order valence-corrected chi connectivity index (χ0v) is 8.34. The molecule has 5 nitrogen and oxygen atoms in total. The Labute approximate surface area is 93.1 Å². The van der Waals surface area contributed by atoms with Crippen LogP contribution >= 0.6 is 0 Å². The van der Waals surface area contributed by atoms with Crippen molar-refractivity contribution in [3.63, 3.8) is 0 Å². The van der Waals surface area contributed by atoms with Crippen LogP contribution in [0.3, 0.4) is 0 Å². The molecule has 0 saturated heterocycles. The van der Waals surface area contributed by atoms with Gasteiger partial charge in [-0.25, -0.2) is 9.97 Å². The Bertz CT molecular complexity index is 488. The van der Waals surface area contributed by atoms with E-state index >= 15 is 0 Å². The molecule has 8 heteroatoms. The number of alkyl halides is 3. The fraction of sp³-hybridized carbons (Fsp3) is 0.111. The minimum absolute atomic E-state index is 0.598. The van der Waals surface area contributed by atoms with Crippen LogP contribution in [0.4, 0.5) is 19.1 Å². The minimum Gasteiger partial charge on any atom is -0.542 e. The van der Waals surface area contributed by atoms with Crippen molar-refractivity contribution >= 4 is 23.0 Å². The molecule has 0 spiro atoms. The summed E-state index contributed by atoms with van der Waals surface area (Å²) in [6.45, 7) is 0. The Morgan fingerprint density at radius 1 is 1.35 bits per heavy atom. The molecule has 0 radical (unpaired) electrons. The summed E-state index contributed by atoms with van der Waals surface area (Å²) in [5, 5.41) is 8.78. The van der Waals surface area contributed by atoms with E-state index in [0.29, 0.717) is 5.95 Å². The second-order valence-electron chi connectivity index (χ2n) is 2.99. The fourth-order valence-electron chi connectivity index (χ4n) is 1.02. The second-order valence-corrected chi connectivity index (χ2v) is 2.99. The molecule has 1 heterocycles. The first-order valence-electron chi connectivity index (χ1n) is 4.34. The molecular weight excluding hydrogens is 239 g/mol. The van der Waals surface area contributed by atoms with Crippen molar-refractivity contribution in [2.24, 2.45) is 0 Å². The summed E-state index contributed by atoms with van der Waals surface area (Å²) in [6, 6.07) is 7.88. The summed E-state index contributed by atoms with van der Waals surface area (Å²) in [6.07, 6.45) is -5.19. The van der Waals surface area contributed by atoms with Gasteiger partial charge in [-0.05, 0) is 12.1 Å². The van der Waals surface area contributed by atoms with E-state index in [1.807, 2.05) is 24.3 Å². The van der Waals surface area contributed by atoms with Crippen molar-refractivity contribution in [2.45, 2.75) is 6.18 Å². The number of rotatable bonds is 0. The van der Waals surface area contributed by atoms with Crippen molar-refractivity contribution in [2.75, 3.05) is 5.73 Å². The molecule has 2 aromatic rings. The van der Waals surface area contributed by atoms with Gasteiger partial charge in [-0.15, -0.1) is 0 Å². The maximum atomic E-state index is 10.5. The number of carbonyl (C=O) groups is 1. The number of carbonyl (C=O) groups excluding carboxylic acids is 1. The number of hydrogen-bond acceptors (Lipinski definition) is 3. The van der Waals surface area contributed by atoms with Crippen LogP contribution in [0.15, 0.2) is 24.3 Å². The molecule has 0 atom stereocenters. The number of aromatic amines is 2. The maximum Gasteiger partial charge on any atom is 0.430 e. The van der Waals surface area contributed by atoms with Crippen LogP contribution in [0.2, 0.25) is 0 Å². The van der Waals surface area contributed by atoms with Gasteiger partial charge in [-0.3, -0.25) is 5.73 Å². The molecule has 0 unspecified atom stereocenters. The quantitative estimate of drug-likeness (QED) is 0.678. The number of nitrogen functional groups attached to an aromatic ring is 1. The first kappa shape index (κ1) is 12.8. The van der Waals surface area contributed by atoms with Crippen LogP contribution in [0.1, 0.15) is 0 Å². The Balaban J connectivity index is 0.000000185. The summed E-state index contributed by atoms with van der Waals surface area (Å²) in [5.41, 5.74) is 7.56. The third-order valence-corrected chi connectivity index (χ3v) is 1.70. The Morgan fingerprint density at radius 3 is 2.35 bits per heavy atom. The first-order chi connectivity index (χ1) is 7.80. The number of H-pyrrole nitrogens is 2. The Morgan fingerprint density at radius 2 is 1.88 bits per heavy atom. The minimum atomic E-state index is -5.19. The van der Waals surface area contributed by atoms with Crippen molar-refractivity contribution in [1.29, 1.82) is 0 Å². The van der Waals surface area contributed by atoms with Crippen molar-refractivity contribution in [3.05, 3.63) is 24.3 Å². The lowest BCUT2D eigenvalue weighted by Gasteiger charge is -2.03. The summed E-state index contributed by atoms with van der Waals surface area (Å²) in [7, 11) is 0. The fourth-order valence-corrected chi connectivity index (χ4v) is 1.02. The molecule has 1 aromatic heterocycles. The highest BCUT2D eigenvalue weighted by molar-refractivity contribution is 5.72. The number of anilines is 1. The molecule has 2 rings (SSSR count). The molecule has 92 valence electrons. The summed E-state index contributed by atoms with van der Waals surface area (Å²) >= 11 is 0. The molecule has 0 saturated carbocycles. The van der Waals surface area contributed by atoms with Gasteiger partial charge in [-0.2, -0.15) is 13.2 Å². The third kappa shape index (κ3) is 3.67. The first-order valence-corrected chi connectivity index (χ1v) is 4.34. The molecule has 1 aromatic carbocycles. The average molecular weight is 247 g/mol. The van der Waals surface area contributed by atoms with Gasteiger partial charge in [0.05, 0.1) is 0 Å². The smallest absolute Gasteiger partial charge is 0.430 e. The number of carboxylic acid groups (broad SMARTS) is 1. The van der Waals surface area contributed by atoms with E-state index in [-0.39, 0.29) is 0 Å². The number of nitrogens with two attached hydrogens (primary N) is 1. The monoisotopic (exact) mass is 247 g/mol. The van der Waals surface area contributed by atoms with Gasteiger partial charge in [0.25, 0.3) is 0 Å². The van der Waals surface area contributed by atoms with Crippen LogP contribution in [-0.2, 0) is 4.79 Å². The van der Waals surface area contributed by atoms with Crippen molar-refractivity contribution in [3.8, 4) is 0 Å². The summed E-state index contributed by atoms with van der Waals surface area (Å²) in [4.78, 5) is 14.7. The van der Waals surface area contributed by atoms with E-state index in [2.05, 4.69) is 9.97 Å². The molecule has 4 N–H and O–H groups in total. The number of carboxylic acids is 1. The second kappa shape index (κ2) is 4.73. The zero-order chi connectivity index (χ0) is 13.1. The number of fused-ring (bicyclic) bond motifs is 1. The van der Waals surface area contributed by atoms with E-state index in [4.69, 9.17) is 15.6 Å². The van der Waals surface area contributed by atoms with Gasteiger partial charge in [0.1, 0.15) is 17.0 Å². The van der Waals surface area contributed by atoms with Crippen LogP contribution in [-0.4, -0.2) is 17.1 Å². The van der Waals surface area contributed by atoms with E-state index < -0.39 is 12.1 Å². The zero-order valence-electron chi connectivity index (χ0n) is 8.34. The van der Waals surface area contributed by atoms with Crippen molar-refractivity contribution < 1.29 is 28.1 Å². The molecular formula is C9H8F3N3O2. The van der Waals surface area contributed by atoms with Crippen LogP contribution in [0, 0.1) is 0 Å². The lowest BCUT2D eigenvalue weighted by Crippen LogP contribution is -2.37. The molecule has 0 aliphatic rings. The number of aliphatic carboxylic acids is 1. The SMILES string of the molecule is Nc1[nH]c2ccccc2[nH+]1.O=C([O-])C(F)(F)F. The highest BCUT2D eigenvalue weighted by Gasteiger charge is 2.28. The number of imidazole rings is 1. The highest BCUT2D eigenvalue weighted by atomic mass is 19.4. The average Bonchev–Trinajstić information content (AvgIpc) is 2.57. The lowest BCUT2D eigenvalue weighted by atomic mass is 10.3. The van der Waals surface area contributed by atoms with Gasteiger partial charge in [0, 0.05) is 0 Å². The van der Waals surface area contributed by atoms with E-state index in [1.54, 1.807) is 0 Å². The number of halogens is 3. The summed E-state index contributed by atoms with van der Waals surface area (Å²) in [5.74, 6) is -2.41. The largest absolute Gasteiger partial charge is 0.542 e. The molecule has 0 aliphatic heterocycles. The standard InChI is InChI=1S/C7H7N3.C2HF3O2/c8-7-9-5-3-1-2-4-6(5)10-7;3-2(4,5)1(6)7/h1-4H,(H3,8,9,10);(H,6,7). The van der Waals surface area contributed by atoms with Crippen LogP contribution in [0.25, 0.3) is 11.0 Å². The predicted molar refractivity (Wildman–Crippen MR) is 50.3 cm³/mol. The van der Waals surface area contributed by atoms with Gasteiger partial charge in [0.15, 0.2) is 0 Å². The van der Waals surface area contributed by atoms with Crippen LogP contribution in [0.5, 0.6) is 0 Å². The molecule has 0 bridgehead atoms. The normalized spacial score (nSPS) is 10.8. The van der Waals surface area contributed by atoms with E-state index in [0.717, 1.165) is 11.0 Å². The number of hydrogen-bond donors (Lipinski definition) is 2. The number of para-hydroxylation sites is 2. The number of nitrogens with one attached hydrogen (secondary N) is 2. The van der Waals surface area contributed by atoms with Gasteiger partial charge in [0.2, 0.25) is 0 Å². The topological polar surface area (TPSA) is 96.1 Å². The van der Waals surface area contributed by atoms with Crippen molar-refractivity contribution in [1.82, 2.24) is 4.98 Å². The van der Waals surface area contributed by atoms with Gasteiger partial charge >= 0.3 is 12.1 Å².